The number of hydrogen-bond donors (Lipinski definition) is 3. The van der Waals surface area contributed by atoms with E-state index in [0.29, 0.717) is 16.9 Å². The minimum atomic E-state index is -1.18. The Morgan fingerprint density at radius 3 is 2.77 bits per heavy atom. The van der Waals surface area contributed by atoms with E-state index < -0.39 is 23.7 Å². The molecule has 2 heterocycles. The summed E-state index contributed by atoms with van der Waals surface area (Å²) in [7, 11) is 0. The number of carboxylic acids is 1. The summed E-state index contributed by atoms with van der Waals surface area (Å²) in [6, 6.07) is 9.30. The van der Waals surface area contributed by atoms with Crippen molar-refractivity contribution in [2.24, 2.45) is 0 Å². The number of pyridine rings is 1. The van der Waals surface area contributed by atoms with E-state index in [0.717, 1.165) is 10.9 Å². The molecule has 0 aliphatic carbocycles. The number of aromatic nitrogens is 2. The van der Waals surface area contributed by atoms with Gasteiger partial charge in [0.1, 0.15) is 29.0 Å². The molecule has 0 bridgehead atoms. The maximum Gasteiger partial charge on any atom is 0.408 e. The van der Waals surface area contributed by atoms with Gasteiger partial charge in [0.15, 0.2) is 0 Å². The second kappa shape index (κ2) is 8.75. The molecular weight excluding hydrogens is 400 g/mol. The Balaban J connectivity index is 1.83. The fraction of sp³-hybridized carbons (Fsp3) is 0.273. The zero-order chi connectivity index (χ0) is 22.6. The summed E-state index contributed by atoms with van der Waals surface area (Å²) in [4.78, 5) is 30.9. The van der Waals surface area contributed by atoms with Crippen LogP contribution in [0.5, 0.6) is 11.6 Å². The van der Waals surface area contributed by atoms with Crippen LogP contribution < -0.4 is 10.1 Å². The highest BCUT2D eigenvalue weighted by Crippen LogP contribution is 2.28. The Morgan fingerprint density at radius 2 is 2.10 bits per heavy atom. The zero-order valence-electron chi connectivity index (χ0n) is 17.3. The lowest BCUT2D eigenvalue weighted by Gasteiger charge is -2.22. The number of rotatable bonds is 6. The molecule has 0 saturated heterocycles. The summed E-state index contributed by atoms with van der Waals surface area (Å²) in [6.07, 6.45) is 2.44. The molecule has 1 aromatic carbocycles. The third kappa shape index (κ3) is 5.51. The van der Waals surface area contributed by atoms with E-state index >= 15 is 0 Å². The van der Waals surface area contributed by atoms with Gasteiger partial charge in [-0.15, -0.1) is 0 Å². The molecule has 0 unspecified atom stereocenters. The van der Waals surface area contributed by atoms with Gasteiger partial charge in [-0.2, -0.15) is 5.26 Å². The molecule has 3 N–H and O–H groups in total. The molecule has 160 valence electrons. The number of carboxylic acid groups (broad SMARTS) is 1. The van der Waals surface area contributed by atoms with Crippen LogP contribution in [-0.4, -0.2) is 38.8 Å². The van der Waals surface area contributed by atoms with Crippen LogP contribution in [0.2, 0.25) is 0 Å². The number of amides is 1. The first kappa shape index (κ1) is 21.6. The van der Waals surface area contributed by atoms with Crippen LogP contribution in [0.3, 0.4) is 0 Å². The standard InChI is InChI=1S/C22H22N4O5/c1-22(2,3)31-21(29)26-18(20(27)28)9-14-12-25-17-7-6-15(10-16(14)17)30-19-13(11-23)5-4-8-24-19/h4-8,10,12,18,25H,9H2,1-3H3,(H,26,29)(H,27,28)/t18-/m0/s1. The van der Waals surface area contributed by atoms with E-state index in [9.17, 15) is 20.0 Å². The normalized spacial score (nSPS) is 12.1. The molecule has 3 rings (SSSR count). The second-order valence-electron chi connectivity index (χ2n) is 7.83. The van der Waals surface area contributed by atoms with Crippen LogP contribution in [0.15, 0.2) is 42.7 Å². The zero-order valence-corrected chi connectivity index (χ0v) is 17.3. The first-order chi connectivity index (χ1) is 14.7. The molecule has 9 nitrogen and oxygen atoms in total. The highest BCUT2D eigenvalue weighted by molar-refractivity contribution is 5.86. The molecule has 0 saturated carbocycles. The van der Waals surface area contributed by atoms with Crippen molar-refractivity contribution in [2.75, 3.05) is 0 Å². The van der Waals surface area contributed by atoms with Crippen molar-refractivity contribution in [3.05, 3.63) is 53.9 Å². The van der Waals surface area contributed by atoms with Crippen LogP contribution >= 0.6 is 0 Å². The van der Waals surface area contributed by atoms with Crippen molar-refractivity contribution in [1.29, 1.82) is 5.26 Å². The maximum atomic E-state index is 12.0. The van der Waals surface area contributed by atoms with Crippen LogP contribution in [0.25, 0.3) is 10.9 Å². The van der Waals surface area contributed by atoms with E-state index in [4.69, 9.17) is 9.47 Å². The Bertz CT molecular complexity index is 1160. The number of nitriles is 1. The fourth-order valence-corrected chi connectivity index (χ4v) is 2.93. The van der Waals surface area contributed by atoms with Gasteiger partial charge in [0.25, 0.3) is 0 Å². The summed E-state index contributed by atoms with van der Waals surface area (Å²) in [5, 5.41) is 21.9. The Hall–Kier alpha value is -4.06. The van der Waals surface area contributed by atoms with E-state index in [2.05, 4.69) is 15.3 Å². The molecular formula is C22H22N4O5. The molecule has 31 heavy (non-hydrogen) atoms. The number of carbonyl (C=O) groups is 2. The largest absolute Gasteiger partial charge is 0.480 e. The molecule has 0 aliphatic rings. The number of aromatic amines is 1. The van der Waals surface area contributed by atoms with Crippen LogP contribution in [0.4, 0.5) is 4.79 Å². The lowest BCUT2D eigenvalue weighted by Crippen LogP contribution is -2.44. The molecule has 0 spiro atoms. The van der Waals surface area contributed by atoms with E-state index in [1.54, 1.807) is 57.3 Å². The van der Waals surface area contributed by atoms with E-state index in [1.807, 2.05) is 6.07 Å². The number of nitrogens with zero attached hydrogens (tertiary/aromatic N) is 2. The van der Waals surface area contributed by atoms with Crippen molar-refractivity contribution in [3.8, 4) is 17.7 Å². The number of alkyl carbamates (subject to hydrolysis) is 1. The average molecular weight is 422 g/mol. The Morgan fingerprint density at radius 1 is 1.32 bits per heavy atom. The summed E-state index contributed by atoms with van der Waals surface area (Å²) >= 11 is 0. The van der Waals surface area contributed by atoms with Gasteiger partial charge in [-0.05, 0) is 56.7 Å². The molecule has 3 aromatic rings. The van der Waals surface area contributed by atoms with Crippen molar-refractivity contribution in [2.45, 2.75) is 38.8 Å². The van der Waals surface area contributed by atoms with Crippen molar-refractivity contribution in [1.82, 2.24) is 15.3 Å². The molecule has 0 radical (unpaired) electrons. The number of benzene rings is 1. The fourth-order valence-electron chi connectivity index (χ4n) is 2.93. The smallest absolute Gasteiger partial charge is 0.408 e. The van der Waals surface area contributed by atoms with E-state index in [1.165, 1.54) is 6.20 Å². The number of fused-ring (bicyclic) bond motifs is 1. The number of carbonyl (C=O) groups excluding carboxylic acids is 1. The number of nitrogens with one attached hydrogen (secondary N) is 2. The van der Waals surface area contributed by atoms with Gasteiger partial charge >= 0.3 is 12.1 Å². The molecule has 1 atom stereocenters. The lowest BCUT2D eigenvalue weighted by atomic mass is 10.0. The van der Waals surface area contributed by atoms with Crippen molar-refractivity contribution >= 4 is 23.0 Å². The van der Waals surface area contributed by atoms with Crippen molar-refractivity contribution in [3.63, 3.8) is 0 Å². The Kier molecular flexibility index (Phi) is 6.11. The summed E-state index contributed by atoms with van der Waals surface area (Å²) in [5.74, 6) is -0.563. The Labute approximate surface area is 178 Å². The van der Waals surface area contributed by atoms with Crippen LogP contribution in [0, 0.1) is 11.3 Å². The van der Waals surface area contributed by atoms with Crippen molar-refractivity contribution < 1.29 is 24.2 Å². The quantitative estimate of drug-likeness (QED) is 0.550. The first-order valence-corrected chi connectivity index (χ1v) is 9.51. The lowest BCUT2D eigenvalue weighted by molar-refractivity contribution is -0.139. The van der Waals surface area contributed by atoms with Gasteiger partial charge in [0, 0.05) is 29.7 Å². The van der Waals surface area contributed by atoms with Crippen LogP contribution in [-0.2, 0) is 16.0 Å². The third-order valence-electron chi connectivity index (χ3n) is 4.26. The minimum absolute atomic E-state index is 0.0328. The number of hydrogen-bond acceptors (Lipinski definition) is 6. The molecule has 9 heteroatoms. The number of aliphatic carboxylic acids is 1. The van der Waals surface area contributed by atoms with E-state index in [-0.39, 0.29) is 12.3 Å². The number of H-pyrrole nitrogens is 1. The predicted octanol–water partition coefficient (Wildman–Crippen LogP) is 3.75. The molecule has 0 aliphatic heterocycles. The third-order valence-corrected chi connectivity index (χ3v) is 4.26. The maximum absolute atomic E-state index is 12.0. The molecule has 1 amide bonds. The number of ether oxygens (including phenoxy) is 2. The van der Waals surface area contributed by atoms with Gasteiger partial charge in [0.05, 0.1) is 0 Å². The highest BCUT2D eigenvalue weighted by atomic mass is 16.6. The summed E-state index contributed by atoms with van der Waals surface area (Å²) < 4.78 is 10.9. The molecule has 0 fully saturated rings. The topological polar surface area (TPSA) is 137 Å². The van der Waals surface area contributed by atoms with Gasteiger partial charge in [0.2, 0.25) is 5.88 Å². The minimum Gasteiger partial charge on any atom is -0.480 e. The van der Waals surface area contributed by atoms with Gasteiger partial charge < -0.3 is 24.9 Å². The highest BCUT2D eigenvalue weighted by Gasteiger charge is 2.25. The van der Waals surface area contributed by atoms with Gasteiger partial charge in [-0.25, -0.2) is 14.6 Å². The predicted molar refractivity (Wildman–Crippen MR) is 112 cm³/mol. The second-order valence-corrected chi connectivity index (χ2v) is 7.83. The summed E-state index contributed by atoms with van der Waals surface area (Å²) in [6.45, 7) is 5.09. The first-order valence-electron chi connectivity index (χ1n) is 9.51. The van der Waals surface area contributed by atoms with Gasteiger partial charge in [-0.1, -0.05) is 0 Å². The SMILES string of the molecule is CC(C)(C)OC(=O)N[C@@H](Cc1c[nH]c2ccc(Oc3ncccc3C#N)cc12)C(=O)O. The van der Waals surface area contributed by atoms with Crippen LogP contribution in [0.1, 0.15) is 31.9 Å². The summed E-state index contributed by atoms with van der Waals surface area (Å²) in [5.41, 5.74) is 0.994. The molecule has 2 aromatic heterocycles. The van der Waals surface area contributed by atoms with Gasteiger partial charge in [-0.3, -0.25) is 0 Å². The average Bonchev–Trinajstić information content (AvgIpc) is 3.08. The monoisotopic (exact) mass is 422 g/mol.